The molecule has 4 atom stereocenters. The molecule has 2 rings (SSSR count). The highest BCUT2D eigenvalue weighted by Crippen LogP contribution is 2.54. The van der Waals surface area contributed by atoms with Crippen LogP contribution in [0.4, 0.5) is 0 Å². The van der Waals surface area contributed by atoms with Crippen LogP contribution in [0.5, 0.6) is 0 Å². The first-order valence-corrected chi connectivity index (χ1v) is 15.6. The van der Waals surface area contributed by atoms with Crippen LogP contribution in [-0.4, -0.2) is 65.4 Å². The monoisotopic (exact) mass is 523 g/mol. The number of esters is 1. The number of amides is 1. The number of hydrogen-bond acceptors (Lipinski definition) is 6. The second kappa shape index (κ2) is 10.3. The summed E-state index contributed by atoms with van der Waals surface area (Å²) in [5.41, 5.74) is -2.10. The van der Waals surface area contributed by atoms with Gasteiger partial charge in [-0.1, -0.05) is 39.0 Å². The molecule has 0 radical (unpaired) electrons. The van der Waals surface area contributed by atoms with Gasteiger partial charge in [0.15, 0.2) is 9.04 Å². The summed E-state index contributed by atoms with van der Waals surface area (Å²) < 4.78 is 10.6. The zero-order valence-corrected chi connectivity index (χ0v) is 24.6. The van der Waals surface area contributed by atoms with E-state index in [1.54, 1.807) is 27.7 Å². The van der Waals surface area contributed by atoms with E-state index in [0.29, 0.717) is 0 Å². The smallest absolute Gasteiger partial charge is 0.326 e. The number of aliphatic carboxylic acids is 1. The predicted octanol–water partition coefficient (Wildman–Crippen LogP) is 4.60. The van der Waals surface area contributed by atoms with E-state index >= 15 is 0 Å². The number of hydrogen-bond donors (Lipinski definition) is 1. The Kier molecular flexibility index (Phi) is 8.62. The molecule has 1 amide bonds. The molecule has 1 fully saturated rings. The highest BCUT2D eigenvalue weighted by molar-refractivity contribution is 8.01. The molecule has 1 aromatic carbocycles. The quantitative estimate of drug-likeness (QED) is 0.219. The van der Waals surface area contributed by atoms with Gasteiger partial charge < -0.3 is 19.2 Å². The summed E-state index contributed by atoms with van der Waals surface area (Å²) in [6.45, 7) is 18.6. The first-order valence-electron chi connectivity index (χ1n) is 12.0. The number of carbonyl (C=O) groups is 3. The maximum Gasteiger partial charge on any atom is 0.326 e. The van der Waals surface area contributed by atoms with Gasteiger partial charge in [0.05, 0.1) is 17.6 Å². The van der Waals surface area contributed by atoms with Crippen LogP contribution in [0.25, 0.3) is 0 Å². The average molecular weight is 524 g/mol. The second-order valence-electron chi connectivity index (χ2n) is 11.8. The summed E-state index contributed by atoms with van der Waals surface area (Å²) in [6.07, 6.45) is 0. The number of carbonyl (C=O) groups excluding carboxylic acids is 2. The van der Waals surface area contributed by atoms with Crippen molar-refractivity contribution < 1.29 is 28.7 Å². The molecule has 1 aliphatic heterocycles. The standard InChI is InChI=1S/C26H41NO6SSi/c1-23(2,3)26(8,33-35(9)10)19-20(27(21(19)29)16-18(28)32-24(4,5)6)25(7,22(30)31)34-17-14-12-11-13-15-17/h11-15,19-20,35H,16H2,1-10H3,(H,30,31)/t19-,20+,25-,26-/m1/s1. The van der Waals surface area contributed by atoms with Crippen LogP contribution in [-0.2, 0) is 23.5 Å². The largest absolute Gasteiger partial charge is 0.480 e. The Labute approximate surface area is 215 Å². The van der Waals surface area contributed by atoms with Crippen LogP contribution in [0.1, 0.15) is 55.4 Å². The third-order valence-electron chi connectivity index (χ3n) is 6.55. The van der Waals surface area contributed by atoms with Crippen molar-refractivity contribution in [3.8, 4) is 0 Å². The van der Waals surface area contributed by atoms with Crippen LogP contribution in [0.3, 0.4) is 0 Å². The molecule has 0 saturated carbocycles. The molecule has 196 valence electrons. The third-order valence-corrected chi connectivity index (χ3v) is 8.85. The van der Waals surface area contributed by atoms with E-state index < -0.39 is 54.3 Å². The molecule has 1 aliphatic rings. The number of carboxylic acids is 1. The first-order chi connectivity index (χ1) is 15.8. The van der Waals surface area contributed by atoms with Crippen molar-refractivity contribution >= 4 is 38.6 Å². The number of β-lactam (4-membered cyclic amide) rings is 1. The van der Waals surface area contributed by atoms with Crippen LogP contribution < -0.4 is 0 Å². The lowest BCUT2D eigenvalue weighted by atomic mass is 9.61. The summed E-state index contributed by atoms with van der Waals surface area (Å²) in [6, 6.07) is 8.46. The maximum atomic E-state index is 13.7. The third kappa shape index (κ3) is 6.30. The van der Waals surface area contributed by atoms with Gasteiger partial charge in [-0.25, -0.2) is 0 Å². The fraction of sp³-hybridized carbons (Fsp3) is 0.654. The molecule has 1 heterocycles. The molecule has 0 unspecified atom stereocenters. The van der Waals surface area contributed by atoms with Crippen molar-refractivity contribution in [1.29, 1.82) is 0 Å². The first kappa shape index (κ1) is 29.4. The van der Waals surface area contributed by atoms with Gasteiger partial charge in [-0.05, 0) is 65.3 Å². The molecule has 1 N–H and O–H groups in total. The van der Waals surface area contributed by atoms with E-state index in [0.717, 1.165) is 4.90 Å². The van der Waals surface area contributed by atoms with Gasteiger partial charge in [0.2, 0.25) is 5.91 Å². The zero-order valence-electron chi connectivity index (χ0n) is 22.7. The van der Waals surface area contributed by atoms with E-state index in [1.807, 2.05) is 71.1 Å². The molecule has 1 saturated heterocycles. The van der Waals surface area contributed by atoms with Gasteiger partial charge >= 0.3 is 11.9 Å². The Balaban J connectivity index is 2.61. The van der Waals surface area contributed by atoms with Crippen molar-refractivity contribution in [1.82, 2.24) is 4.90 Å². The zero-order chi connectivity index (χ0) is 27.0. The highest BCUT2D eigenvalue weighted by atomic mass is 32.2. The summed E-state index contributed by atoms with van der Waals surface area (Å²) in [7, 11) is -1.63. The Hall–Kier alpha value is -1.84. The van der Waals surface area contributed by atoms with Crippen LogP contribution in [0, 0.1) is 11.3 Å². The topological polar surface area (TPSA) is 93.1 Å². The van der Waals surface area contributed by atoms with Gasteiger partial charge in [0.25, 0.3) is 0 Å². The van der Waals surface area contributed by atoms with Gasteiger partial charge in [0, 0.05) is 4.90 Å². The minimum absolute atomic E-state index is 0.283. The number of nitrogens with zero attached hydrogens (tertiary/aromatic N) is 1. The van der Waals surface area contributed by atoms with Crippen molar-refractivity contribution in [2.45, 2.75) is 95.4 Å². The molecule has 0 aromatic heterocycles. The minimum atomic E-state index is -1.63. The molecule has 0 aliphatic carbocycles. The number of likely N-dealkylation sites (tertiary alicyclic amines) is 1. The Bertz CT molecular complexity index is 941. The SMILES string of the molecule is C[SiH](C)O[C@](C)([C@H]1C(=O)N(CC(=O)OC(C)(C)C)[C@@H]1[C@@](C)(Sc1ccccc1)C(=O)O)C(C)(C)C. The van der Waals surface area contributed by atoms with Gasteiger partial charge in [-0.3, -0.25) is 14.4 Å². The fourth-order valence-corrected chi connectivity index (χ4v) is 7.29. The molecule has 0 bridgehead atoms. The van der Waals surface area contributed by atoms with Gasteiger partial charge in [0.1, 0.15) is 16.9 Å². The predicted molar refractivity (Wildman–Crippen MR) is 141 cm³/mol. The summed E-state index contributed by atoms with van der Waals surface area (Å²) >= 11 is 1.19. The van der Waals surface area contributed by atoms with E-state index in [2.05, 4.69) is 0 Å². The van der Waals surface area contributed by atoms with E-state index in [9.17, 15) is 19.5 Å². The van der Waals surface area contributed by atoms with E-state index in [1.165, 1.54) is 16.7 Å². The van der Waals surface area contributed by atoms with Gasteiger partial charge in [-0.2, -0.15) is 0 Å². The summed E-state index contributed by atoms with van der Waals surface area (Å²) in [5.74, 6) is -2.64. The van der Waals surface area contributed by atoms with Crippen molar-refractivity contribution in [2.75, 3.05) is 6.54 Å². The Morgan fingerprint density at radius 1 is 1.03 bits per heavy atom. The molecular formula is C26H41NO6SSi. The number of benzene rings is 1. The second-order valence-corrected chi connectivity index (χ2v) is 15.7. The molecular weight excluding hydrogens is 482 g/mol. The van der Waals surface area contributed by atoms with Crippen molar-refractivity contribution in [3.05, 3.63) is 30.3 Å². The lowest BCUT2D eigenvalue weighted by molar-refractivity contribution is -0.196. The van der Waals surface area contributed by atoms with Crippen LogP contribution in [0.15, 0.2) is 35.2 Å². The number of thioether (sulfide) groups is 1. The number of carboxylic acid groups (broad SMARTS) is 1. The van der Waals surface area contributed by atoms with Crippen LogP contribution in [0.2, 0.25) is 13.1 Å². The lowest BCUT2D eigenvalue weighted by Crippen LogP contribution is -2.78. The average Bonchev–Trinajstić information content (AvgIpc) is 2.67. The van der Waals surface area contributed by atoms with E-state index in [-0.39, 0.29) is 12.5 Å². The normalized spacial score (nSPS) is 22.3. The fourth-order valence-electron chi connectivity index (χ4n) is 4.56. The molecule has 0 spiro atoms. The van der Waals surface area contributed by atoms with Crippen molar-refractivity contribution in [3.63, 3.8) is 0 Å². The van der Waals surface area contributed by atoms with Crippen LogP contribution >= 0.6 is 11.8 Å². The molecule has 1 aromatic rings. The minimum Gasteiger partial charge on any atom is -0.480 e. The van der Waals surface area contributed by atoms with Crippen molar-refractivity contribution in [2.24, 2.45) is 11.3 Å². The maximum absolute atomic E-state index is 13.7. The summed E-state index contributed by atoms with van der Waals surface area (Å²) in [4.78, 5) is 41.5. The number of rotatable bonds is 9. The highest BCUT2D eigenvalue weighted by Gasteiger charge is 2.67. The Morgan fingerprint density at radius 3 is 2.00 bits per heavy atom. The lowest BCUT2D eigenvalue weighted by Gasteiger charge is -2.61. The molecule has 35 heavy (non-hydrogen) atoms. The number of ether oxygens (including phenoxy) is 1. The molecule has 7 nitrogen and oxygen atoms in total. The summed E-state index contributed by atoms with van der Waals surface area (Å²) in [5, 5.41) is 10.5. The Morgan fingerprint density at radius 2 is 1.57 bits per heavy atom. The molecule has 9 heteroatoms. The van der Waals surface area contributed by atoms with Gasteiger partial charge in [-0.15, -0.1) is 11.8 Å². The van der Waals surface area contributed by atoms with E-state index in [4.69, 9.17) is 9.16 Å².